The predicted molar refractivity (Wildman–Crippen MR) is 211 cm³/mol. The van der Waals surface area contributed by atoms with Crippen molar-refractivity contribution in [3.8, 4) is 11.1 Å². The second-order valence-corrected chi connectivity index (χ2v) is 15.2. The second kappa shape index (κ2) is 19.6. The number of halogens is 1. The third kappa shape index (κ3) is 11.5. The lowest BCUT2D eigenvalue weighted by Crippen LogP contribution is -2.46. The first-order chi connectivity index (χ1) is 26.7. The van der Waals surface area contributed by atoms with Gasteiger partial charge in [-0.25, -0.2) is 5.48 Å². The summed E-state index contributed by atoms with van der Waals surface area (Å²) in [5.41, 5.74) is 7.46. The number of nitrogens with zero attached hydrogens (tertiary/aromatic N) is 1. The summed E-state index contributed by atoms with van der Waals surface area (Å²) in [6.45, 7) is 2.58. The van der Waals surface area contributed by atoms with E-state index >= 15 is 0 Å². The normalized spacial score (nSPS) is 19.8. The van der Waals surface area contributed by atoms with E-state index in [2.05, 4.69) is 34.5 Å². The van der Waals surface area contributed by atoms with Crippen molar-refractivity contribution in [1.29, 1.82) is 0 Å². The molecular weight excluding hydrogens is 718 g/mol. The fraction of sp³-hybridized carbons (Fsp3) is 0.409. The highest BCUT2D eigenvalue weighted by Gasteiger charge is 2.37. The van der Waals surface area contributed by atoms with Crippen molar-refractivity contribution in [2.75, 3.05) is 19.6 Å². The van der Waals surface area contributed by atoms with Gasteiger partial charge in [-0.05, 0) is 83.3 Å². The fourth-order valence-electron chi connectivity index (χ4n) is 7.47. The lowest BCUT2D eigenvalue weighted by atomic mass is 9.84. The third-order valence-corrected chi connectivity index (χ3v) is 11.0. The van der Waals surface area contributed by atoms with Gasteiger partial charge in [0.1, 0.15) is 0 Å². The van der Waals surface area contributed by atoms with Crippen molar-refractivity contribution in [3.05, 3.63) is 130 Å². The molecule has 0 bridgehead atoms. The summed E-state index contributed by atoms with van der Waals surface area (Å²) in [5, 5.41) is 33.4. The van der Waals surface area contributed by atoms with Gasteiger partial charge < -0.3 is 29.9 Å². The van der Waals surface area contributed by atoms with Gasteiger partial charge in [-0.2, -0.15) is 0 Å². The van der Waals surface area contributed by atoms with Crippen LogP contribution in [0.4, 0.5) is 0 Å². The van der Waals surface area contributed by atoms with E-state index < -0.39 is 11.9 Å². The maximum absolute atomic E-state index is 12.5. The molecule has 55 heavy (non-hydrogen) atoms. The number of unbranched alkanes of at least 4 members (excludes halogenated alkanes) is 3. The van der Waals surface area contributed by atoms with Crippen molar-refractivity contribution in [1.82, 2.24) is 15.7 Å². The minimum Gasteiger partial charge on any atom is -0.392 e. The molecule has 0 saturated carbocycles. The minimum absolute atomic E-state index is 0.0102. The number of piperidine rings is 1. The first-order valence-corrected chi connectivity index (χ1v) is 19.7. The molecule has 0 radical (unpaired) electrons. The Morgan fingerprint density at radius 3 is 2.15 bits per heavy atom. The summed E-state index contributed by atoms with van der Waals surface area (Å²) in [6, 6.07) is 31.7. The Labute approximate surface area is 328 Å². The molecule has 4 aromatic rings. The van der Waals surface area contributed by atoms with Crippen LogP contribution in [-0.2, 0) is 37.8 Å². The highest BCUT2D eigenvalue weighted by atomic mass is 35.5. The molecule has 2 heterocycles. The number of aliphatic hydroxyl groups excluding tert-OH is 1. The number of hydroxylamine groups is 1. The van der Waals surface area contributed by atoms with Crippen LogP contribution in [0.5, 0.6) is 0 Å². The van der Waals surface area contributed by atoms with Crippen LogP contribution in [0.3, 0.4) is 0 Å². The molecule has 0 spiro atoms. The van der Waals surface area contributed by atoms with Crippen molar-refractivity contribution in [2.45, 2.75) is 95.0 Å². The maximum Gasteiger partial charge on any atom is 0.243 e. The first kappa shape index (κ1) is 40.5. The summed E-state index contributed by atoms with van der Waals surface area (Å²) in [5.74, 6) is -0.397. The van der Waals surface area contributed by atoms with Crippen molar-refractivity contribution in [3.63, 3.8) is 0 Å². The number of hydrogen-bond donors (Lipinski definition) is 5. The van der Waals surface area contributed by atoms with E-state index in [9.17, 15) is 19.8 Å². The summed E-state index contributed by atoms with van der Waals surface area (Å²) in [6.07, 6.45) is 4.77. The Bertz CT molecular complexity index is 1850. The topological polar surface area (TPSA) is 141 Å². The zero-order chi connectivity index (χ0) is 38.6. The lowest BCUT2D eigenvalue weighted by Gasteiger charge is -2.42. The molecule has 2 aliphatic rings. The summed E-state index contributed by atoms with van der Waals surface area (Å²) >= 11 is 6.10. The van der Waals surface area contributed by atoms with E-state index in [4.69, 9.17) is 26.3 Å². The van der Waals surface area contributed by atoms with Crippen LogP contribution in [0, 0.1) is 0 Å². The molecule has 5 N–H and O–H groups in total. The van der Waals surface area contributed by atoms with E-state index in [0.717, 1.165) is 71.3 Å². The number of ether oxygens (including phenoxy) is 2. The van der Waals surface area contributed by atoms with Crippen molar-refractivity contribution < 1.29 is 34.5 Å². The maximum atomic E-state index is 12.5. The minimum atomic E-state index is -0.884. The summed E-state index contributed by atoms with van der Waals surface area (Å²) < 4.78 is 13.4. The number of likely N-dealkylation sites (tertiary alicyclic amines) is 1. The molecule has 0 aromatic heterocycles. The number of carbonyl (C=O) groups is 2. The molecule has 3 atom stereocenters. The zero-order valence-electron chi connectivity index (χ0n) is 31.2. The van der Waals surface area contributed by atoms with Gasteiger partial charge in [0.25, 0.3) is 0 Å². The van der Waals surface area contributed by atoms with Gasteiger partial charge in [0.05, 0.1) is 24.4 Å². The quantitative estimate of drug-likeness (QED) is 0.0449. The predicted octanol–water partition coefficient (Wildman–Crippen LogP) is 7.49. The smallest absolute Gasteiger partial charge is 0.243 e. The largest absolute Gasteiger partial charge is 0.392 e. The van der Waals surface area contributed by atoms with Gasteiger partial charge in [0, 0.05) is 56.0 Å². The molecule has 4 aromatic carbocycles. The number of carbonyl (C=O) groups excluding carboxylic acids is 2. The van der Waals surface area contributed by atoms with Crippen LogP contribution in [0.1, 0.15) is 98.0 Å². The lowest BCUT2D eigenvalue weighted by molar-refractivity contribution is -0.253. The molecule has 2 aliphatic heterocycles. The van der Waals surface area contributed by atoms with E-state index in [1.165, 1.54) is 0 Å². The molecule has 10 nitrogen and oxygen atoms in total. The monoisotopic (exact) mass is 769 g/mol. The zero-order valence-corrected chi connectivity index (χ0v) is 31.9. The Kier molecular flexibility index (Phi) is 14.5. The third-order valence-electron chi connectivity index (χ3n) is 10.7. The number of nitrogens with one attached hydrogen (secondary N) is 2. The summed E-state index contributed by atoms with van der Waals surface area (Å²) in [4.78, 5) is 26.0. The molecule has 2 fully saturated rings. The highest BCUT2D eigenvalue weighted by molar-refractivity contribution is 6.30. The first-order valence-electron chi connectivity index (χ1n) is 19.3. The van der Waals surface area contributed by atoms with Gasteiger partial charge in [-0.15, -0.1) is 0 Å². The molecule has 11 heteroatoms. The van der Waals surface area contributed by atoms with Gasteiger partial charge in [-0.1, -0.05) is 97.2 Å². The van der Waals surface area contributed by atoms with E-state index in [0.29, 0.717) is 50.2 Å². The summed E-state index contributed by atoms with van der Waals surface area (Å²) in [7, 11) is 0. The number of aliphatic hydroxyl groups is 2. The Morgan fingerprint density at radius 2 is 1.45 bits per heavy atom. The average molecular weight is 770 g/mol. The van der Waals surface area contributed by atoms with Crippen LogP contribution in [0.2, 0.25) is 5.02 Å². The average Bonchev–Trinajstić information content (AvgIpc) is 3.22. The molecule has 2 amide bonds. The Balaban J connectivity index is 1.09. The fourth-order valence-corrected chi connectivity index (χ4v) is 7.60. The number of hydrogen-bond acceptors (Lipinski definition) is 8. The van der Waals surface area contributed by atoms with Crippen LogP contribution in [0.15, 0.2) is 97.1 Å². The Morgan fingerprint density at radius 1 is 0.782 bits per heavy atom. The van der Waals surface area contributed by atoms with E-state index in [1.54, 1.807) is 5.48 Å². The van der Waals surface area contributed by atoms with E-state index in [1.807, 2.05) is 72.8 Å². The SMILES string of the molecule is O=C(CCCCCCC(=O)NCc1cccc(-c2cccc(C3OC(CN4CCC(O)(c5ccc(Cl)cc5)CC4)CC(c4ccc(CO)cc4)O3)c2)c1)NO. The molecule has 6 rings (SSSR count). The molecule has 3 unspecified atom stereocenters. The standard InChI is InChI=1S/C44H52ClN3O7/c45-38-19-17-37(18-20-38)44(52)21-23-48(24-22-44)29-39-27-40(33-15-13-31(30-49)14-16-33)55-43(54-39)36-10-6-9-35(26-36)34-8-5-7-32(25-34)28-46-41(50)11-3-1-2-4-12-42(51)47-53/h5-10,13-20,25-26,39-40,43,49,52-53H,1-4,11-12,21-24,27-30H2,(H,46,50)(H,47,51). The number of amides is 2. The van der Waals surface area contributed by atoms with Gasteiger partial charge in [-0.3, -0.25) is 14.8 Å². The van der Waals surface area contributed by atoms with E-state index in [-0.39, 0.29) is 37.0 Å². The van der Waals surface area contributed by atoms with Crippen molar-refractivity contribution in [2.24, 2.45) is 0 Å². The van der Waals surface area contributed by atoms with Gasteiger partial charge in [0.15, 0.2) is 6.29 Å². The molecular formula is C44H52ClN3O7. The molecule has 2 saturated heterocycles. The number of rotatable bonds is 16. The van der Waals surface area contributed by atoms with Gasteiger partial charge >= 0.3 is 0 Å². The number of benzene rings is 4. The Hall–Kier alpha value is -4.13. The van der Waals surface area contributed by atoms with Crippen molar-refractivity contribution >= 4 is 23.4 Å². The van der Waals surface area contributed by atoms with Crippen LogP contribution < -0.4 is 10.8 Å². The van der Waals surface area contributed by atoms with Crippen LogP contribution in [0.25, 0.3) is 11.1 Å². The second-order valence-electron chi connectivity index (χ2n) is 14.7. The van der Waals surface area contributed by atoms with Gasteiger partial charge in [0.2, 0.25) is 11.8 Å². The van der Waals surface area contributed by atoms with Crippen LogP contribution >= 0.6 is 11.6 Å². The molecule has 292 valence electrons. The molecule has 0 aliphatic carbocycles. The van der Waals surface area contributed by atoms with Crippen LogP contribution in [-0.4, -0.2) is 57.9 Å². The highest BCUT2D eigenvalue weighted by Crippen LogP contribution is 2.40.